The molecule has 9 nitrogen and oxygen atoms in total. The number of nitro benzene ring substituents is 1. The van der Waals surface area contributed by atoms with Crippen molar-refractivity contribution in [3.05, 3.63) is 135 Å². The molecule has 1 aliphatic rings. The lowest BCUT2D eigenvalue weighted by molar-refractivity contribution is -0.384. The summed E-state index contributed by atoms with van der Waals surface area (Å²) in [5.41, 5.74) is 2.20. The molecule has 12 heteroatoms. The third-order valence-corrected chi connectivity index (χ3v) is 8.55. The first-order valence-corrected chi connectivity index (χ1v) is 14.5. The summed E-state index contributed by atoms with van der Waals surface area (Å²) in [5.74, 6) is -0.0544. The second kappa shape index (κ2) is 11.9. The number of aromatic nitrogens is 1. The highest BCUT2D eigenvalue weighted by Gasteiger charge is 2.42. The van der Waals surface area contributed by atoms with Gasteiger partial charge in [-0.1, -0.05) is 29.4 Å². The van der Waals surface area contributed by atoms with Crippen molar-refractivity contribution < 1.29 is 19.2 Å². The van der Waals surface area contributed by atoms with Crippen molar-refractivity contribution in [1.82, 2.24) is 10.3 Å². The van der Waals surface area contributed by atoms with Crippen LogP contribution in [0.15, 0.2) is 117 Å². The molecule has 0 amide bonds. The smallest absolute Gasteiger partial charge is 0.335 e. The number of nitrogens with one attached hydrogen (secondary N) is 1. The number of anilines is 1. The number of furan rings is 1. The van der Waals surface area contributed by atoms with E-state index >= 15 is 0 Å². The monoisotopic (exact) mass is 628 g/mol. The summed E-state index contributed by atoms with van der Waals surface area (Å²) in [6.45, 7) is 0. The molecule has 5 aromatic rings. The van der Waals surface area contributed by atoms with Crippen LogP contribution in [0.4, 0.5) is 11.4 Å². The van der Waals surface area contributed by atoms with Gasteiger partial charge in [0.25, 0.3) is 5.69 Å². The molecule has 0 radical (unpaired) electrons. The third kappa shape index (κ3) is 5.82. The van der Waals surface area contributed by atoms with Gasteiger partial charge in [0.2, 0.25) is 0 Å². The topological polar surface area (TPSA) is 122 Å². The molecule has 1 fully saturated rings. The van der Waals surface area contributed by atoms with Crippen molar-refractivity contribution in [3.8, 4) is 11.3 Å². The van der Waals surface area contributed by atoms with Gasteiger partial charge < -0.3 is 19.7 Å². The largest absolute Gasteiger partial charge is 0.478 e. The molecule has 2 atom stereocenters. The lowest BCUT2D eigenvalue weighted by atomic mass is 10.0. The highest BCUT2D eigenvalue weighted by atomic mass is 35.5. The van der Waals surface area contributed by atoms with Crippen LogP contribution >= 0.6 is 35.6 Å². The predicted octanol–water partition coefficient (Wildman–Crippen LogP) is 7.93. The Bertz CT molecular complexity index is 1830. The van der Waals surface area contributed by atoms with E-state index in [0.29, 0.717) is 27.2 Å². The minimum Gasteiger partial charge on any atom is -0.478 e. The molecule has 0 aliphatic carbocycles. The fourth-order valence-corrected chi connectivity index (χ4v) is 6.25. The maximum Gasteiger partial charge on any atom is 0.335 e. The van der Waals surface area contributed by atoms with E-state index < -0.39 is 16.9 Å². The Morgan fingerprint density at radius 2 is 1.74 bits per heavy atom. The van der Waals surface area contributed by atoms with Crippen LogP contribution in [-0.4, -0.2) is 26.1 Å². The fraction of sp³-hybridized carbons (Fsp3) is 0.0645. The van der Waals surface area contributed by atoms with E-state index in [1.807, 2.05) is 53.4 Å². The zero-order chi connectivity index (χ0) is 30.1. The second-order valence-electron chi connectivity index (χ2n) is 9.55. The lowest BCUT2D eigenvalue weighted by Crippen LogP contribution is -2.29. The Kier molecular flexibility index (Phi) is 7.85. The fourth-order valence-electron chi connectivity index (χ4n) is 4.87. The summed E-state index contributed by atoms with van der Waals surface area (Å²) in [4.78, 5) is 30.5. The van der Waals surface area contributed by atoms with E-state index in [0.717, 1.165) is 21.2 Å². The third-order valence-electron chi connectivity index (χ3n) is 6.89. The number of aromatic carboxylic acids is 1. The molecule has 0 unspecified atom stereocenters. The number of rotatable bonds is 8. The van der Waals surface area contributed by atoms with Gasteiger partial charge in [0.05, 0.1) is 27.2 Å². The molecule has 214 valence electrons. The first-order valence-electron chi connectivity index (χ1n) is 12.9. The van der Waals surface area contributed by atoms with Gasteiger partial charge in [-0.25, -0.2) is 4.79 Å². The number of hydrogen-bond donors (Lipinski definition) is 2. The van der Waals surface area contributed by atoms with Crippen molar-refractivity contribution in [2.24, 2.45) is 0 Å². The number of pyridine rings is 1. The minimum atomic E-state index is -1.06. The Hall–Kier alpha value is -4.71. The second-order valence-corrected chi connectivity index (χ2v) is 11.5. The number of carboxylic acid groups (broad SMARTS) is 1. The quantitative estimate of drug-likeness (QED) is 0.0995. The van der Waals surface area contributed by atoms with E-state index in [4.69, 9.17) is 28.2 Å². The normalized spacial score (nSPS) is 16.2. The molecule has 0 spiro atoms. The van der Waals surface area contributed by atoms with Crippen LogP contribution in [0.2, 0.25) is 5.02 Å². The van der Waals surface area contributed by atoms with Gasteiger partial charge in [-0.05, 0) is 91.1 Å². The molecule has 1 aliphatic heterocycles. The zero-order valence-electron chi connectivity index (χ0n) is 22.1. The van der Waals surface area contributed by atoms with Gasteiger partial charge in [0, 0.05) is 39.4 Å². The molecule has 43 heavy (non-hydrogen) atoms. The average molecular weight is 629 g/mol. The van der Waals surface area contributed by atoms with Crippen LogP contribution in [-0.2, 0) is 0 Å². The zero-order valence-corrected chi connectivity index (χ0v) is 24.5. The van der Waals surface area contributed by atoms with Crippen molar-refractivity contribution >= 4 is 58.0 Å². The van der Waals surface area contributed by atoms with Crippen LogP contribution < -0.4 is 10.2 Å². The average Bonchev–Trinajstić information content (AvgIpc) is 3.63. The summed E-state index contributed by atoms with van der Waals surface area (Å²) in [6.07, 6.45) is 1.72. The van der Waals surface area contributed by atoms with Gasteiger partial charge >= 0.3 is 5.97 Å². The summed E-state index contributed by atoms with van der Waals surface area (Å²) in [5, 5.41) is 24.7. The first-order chi connectivity index (χ1) is 20.8. The number of thiocarbonyl (C=S) groups is 1. The summed E-state index contributed by atoms with van der Waals surface area (Å²) < 4.78 is 6.35. The van der Waals surface area contributed by atoms with E-state index in [2.05, 4.69) is 10.3 Å². The predicted molar refractivity (Wildman–Crippen MR) is 168 cm³/mol. The molecule has 3 aromatic carbocycles. The highest BCUT2D eigenvalue weighted by molar-refractivity contribution is 7.99. The van der Waals surface area contributed by atoms with Gasteiger partial charge in [0.15, 0.2) is 5.11 Å². The Labute approximate surface area is 260 Å². The van der Waals surface area contributed by atoms with E-state index in [9.17, 15) is 20.0 Å². The Morgan fingerprint density at radius 1 is 1.02 bits per heavy atom. The number of nitrogens with zero attached hydrogens (tertiary/aromatic N) is 3. The Morgan fingerprint density at radius 3 is 2.40 bits per heavy atom. The van der Waals surface area contributed by atoms with Gasteiger partial charge in [-0.2, -0.15) is 0 Å². The number of carbonyl (C=O) groups is 1. The highest BCUT2D eigenvalue weighted by Crippen LogP contribution is 2.44. The maximum absolute atomic E-state index is 11.6. The molecule has 0 bridgehead atoms. The van der Waals surface area contributed by atoms with Crippen LogP contribution in [0.5, 0.6) is 0 Å². The van der Waals surface area contributed by atoms with Crippen molar-refractivity contribution in [2.75, 3.05) is 4.90 Å². The number of nitro groups is 1. The number of halogens is 1. The molecule has 0 saturated carbocycles. The SMILES string of the molecule is O=C(O)c1ccc(Cl)c(-c2ccc([C@H]3[C@H](c4ccccn4)NC(=S)N3c3ccc(Sc4ccc([N+](=O)[O-])cc4)cc3)o2)c1. The molecular formula is C31H21ClN4O5S2. The van der Waals surface area contributed by atoms with Crippen LogP contribution in [0.1, 0.15) is 33.9 Å². The maximum atomic E-state index is 11.6. The standard InChI is InChI=1S/C31H21ClN4O5S2/c32-24-13-4-18(30(37)38)17-23(24)26-14-15-27(41-26)29-28(25-3-1-2-16-33-25)34-31(42)35(29)19-5-9-21(10-6-19)43-22-11-7-20(8-12-22)36(39)40/h1-17,28-29H,(H,34,42)(H,37,38)/t28-,29-/m0/s1. The van der Waals surface area contributed by atoms with Crippen molar-refractivity contribution in [2.45, 2.75) is 21.9 Å². The van der Waals surface area contributed by atoms with Crippen LogP contribution in [0.3, 0.4) is 0 Å². The van der Waals surface area contributed by atoms with Crippen molar-refractivity contribution in [3.63, 3.8) is 0 Å². The number of hydrogen-bond acceptors (Lipinski definition) is 7. The minimum absolute atomic E-state index is 0.0428. The first kappa shape index (κ1) is 28.4. The number of non-ortho nitro benzene ring substituents is 1. The van der Waals surface area contributed by atoms with E-state index in [1.54, 1.807) is 24.4 Å². The molecule has 6 rings (SSSR count). The van der Waals surface area contributed by atoms with Gasteiger partial charge in [-0.15, -0.1) is 0 Å². The Balaban J connectivity index is 1.34. The molecule has 3 heterocycles. The van der Waals surface area contributed by atoms with Gasteiger partial charge in [0.1, 0.15) is 17.6 Å². The summed E-state index contributed by atoms with van der Waals surface area (Å²) >= 11 is 13.7. The molecule has 1 saturated heterocycles. The lowest BCUT2D eigenvalue weighted by Gasteiger charge is -2.26. The van der Waals surface area contributed by atoms with Crippen LogP contribution in [0, 0.1) is 10.1 Å². The molecule has 2 N–H and O–H groups in total. The molecule has 2 aromatic heterocycles. The number of carboxylic acids is 1. The number of benzene rings is 3. The van der Waals surface area contributed by atoms with E-state index in [-0.39, 0.29) is 17.3 Å². The van der Waals surface area contributed by atoms with Crippen LogP contribution in [0.25, 0.3) is 11.3 Å². The molecular weight excluding hydrogens is 608 g/mol. The summed E-state index contributed by atoms with van der Waals surface area (Å²) in [6, 6.07) is 27.2. The van der Waals surface area contributed by atoms with E-state index in [1.165, 1.54) is 42.1 Å². The summed E-state index contributed by atoms with van der Waals surface area (Å²) in [7, 11) is 0. The van der Waals surface area contributed by atoms with Gasteiger partial charge in [-0.3, -0.25) is 15.1 Å². The van der Waals surface area contributed by atoms with Crippen molar-refractivity contribution in [1.29, 1.82) is 0 Å².